The molecule has 1 atom stereocenters. The molecule has 1 heterocycles. The standard InChI is InChI=1S/C17H14ClF3N2/c1-2-10-16(17(19,20)21,13-6-8-14(18)9-7-13)23-12-15-5-3-4-11-22-15/h2-9,11-12H,1,10H2. The summed E-state index contributed by atoms with van der Waals surface area (Å²) in [4.78, 5) is 7.83. The molecule has 0 aliphatic carbocycles. The lowest BCUT2D eigenvalue weighted by Gasteiger charge is -2.31. The topological polar surface area (TPSA) is 25.2 Å². The van der Waals surface area contributed by atoms with Gasteiger partial charge in [-0.1, -0.05) is 35.9 Å². The Labute approximate surface area is 137 Å². The number of rotatable bonds is 5. The Morgan fingerprint density at radius 3 is 2.35 bits per heavy atom. The third-order valence-electron chi connectivity index (χ3n) is 3.34. The Morgan fingerprint density at radius 2 is 1.83 bits per heavy atom. The van der Waals surface area contributed by atoms with Gasteiger partial charge in [0, 0.05) is 23.9 Å². The third-order valence-corrected chi connectivity index (χ3v) is 3.59. The number of hydrogen-bond donors (Lipinski definition) is 0. The molecule has 6 heteroatoms. The van der Waals surface area contributed by atoms with Crippen LogP contribution in [0.25, 0.3) is 0 Å². The highest BCUT2D eigenvalue weighted by atomic mass is 35.5. The van der Waals surface area contributed by atoms with Crippen molar-refractivity contribution < 1.29 is 13.2 Å². The zero-order valence-corrected chi connectivity index (χ0v) is 12.8. The smallest absolute Gasteiger partial charge is 0.270 e. The van der Waals surface area contributed by atoms with Crippen molar-refractivity contribution >= 4 is 17.8 Å². The molecule has 120 valence electrons. The number of pyridine rings is 1. The second-order valence-electron chi connectivity index (χ2n) is 4.87. The Morgan fingerprint density at radius 1 is 1.13 bits per heavy atom. The van der Waals surface area contributed by atoms with Gasteiger partial charge < -0.3 is 0 Å². The van der Waals surface area contributed by atoms with Crippen molar-refractivity contribution in [2.24, 2.45) is 4.99 Å². The molecule has 0 aliphatic heterocycles. The van der Waals surface area contributed by atoms with Gasteiger partial charge in [-0.3, -0.25) is 9.98 Å². The van der Waals surface area contributed by atoms with Crippen molar-refractivity contribution in [1.82, 2.24) is 4.98 Å². The zero-order valence-electron chi connectivity index (χ0n) is 12.1. The zero-order chi connectivity index (χ0) is 16.9. The number of aliphatic imine (C=N–C) groups is 1. The quantitative estimate of drug-likeness (QED) is 0.544. The van der Waals surface area contributed by atoms with Crippen LogP contribution in [0, 0.1) is 0 Å². The summed E-state index contributed by atoms with van der Waals surface area (Å²) in [6, 6.07) is 10.4. The number of benzene rings is 1. The maximum atomic E-state index is 13.8. The van der Waals surface area contributed by atoms with Gasteiger partial charge in [-0.15, -0.1) is 6.58 Å². The molecule has 1 unspecified atom stereocenters. The Balaban J connectivity index is 2.55. The average molecular weight is 339 g/mol. The molecular weight excluding hydrogens is 325 g/mol. The molecule has 23 heavy (non-hydrogen) atoms. The SMILES string of the molecule is C=CCC(N=Cc1ccccn1)(c1ccc(Cl)cc1)C(F)(F)F. The van der Waals surface area contributed by atoms with E-state index >= 15 is 0 Å². The van der Waals surface area contributed by atoms with E-state index in [0.717, 1.165) is 6.21 Å². The summed E-state index contributed by atoms with van der Waals surface area (Å²) in [6.07, 6.45) is -1.16. The molecule has 1 aromatic heterocycles. The lowest BCUT2D eigenvalue weighted by molar-refractivity contribution is -0.187. The van der Waals surface area contributed by atoms with Crippen molar-refractivity contribution in [2.45, 2.75) is 18.1 Å². The average Bonchev–Trinajstić information content (AvgIpc) is 2.52. The largest absolute Gasteiger partial charge is 0.418 e. The Kier molecular flexibility index (Phi) is 5.21. The molecule has 0 spiro atoms. The lowest BCUT2D eigenvalue weighted by Crippen LogP contribution is -2.40. The van der Waals surface area contributed by atoms with Crippen LogP contribution in [0.15, 0.2) is 66.3 Å². The fourth-order valence-electron chi connectivity index (χ4n) is 2.16. The monoisotopic (exact) mass is 338 g/mol. The van der Waals surface area contributed by atoms with E-state index in [2.05, 4.69) is 16.6 Å². The molecule has 0 bridgehead atoms. The van der Waals surface area contributed by atoms with E-state index in [1.54, 1.807) is 18.2 Å². The number of halogens is 4. The highest BCUT2D eigenvalue weighted by Crippen LogP contribution is 2.45. The third kappa shape index (κ3) is 3.79. The van der Waals surface area contributed by atoms with Crippen LogP contribution in [-0.2, 0) is 5.54 Å². The first kappa shape index (κ1) is 17.2. The van der Waals surface area contributed by atoms with Crippen molar-refractivity contribution in [1.29, 1.82) is 0 Å². The van der Waals surface area contributed by atoms with Gasteiger partial charge in [-0.05, 0) is 29.8 Å². The molecule has 2 nitrogen and oxygen atoms in total. The molecule has 2 rings (SSSR count). The van der Waals surface area contributed by atoms with Crippen LogP contribution in [0.4, 0.5) is 13.2 Å². The lowest BCUT2D eigenvalue weighted by atomic mass is 9.86. The fourth-order valence-corrected chi connectivity index (χ4v) is 2.29. The van der Waals surface area contributed by atoms with E-state index in [1.165, 1.54) is 36.5 Å². The van der Waals surface area contributed by atoms with Crippen LogP contribution < -0.4 is 0 Å². The van der Waals surface area contributed by atoms with Gasteiger partial charge in [-0.25, -0.2) is 0 Å². The minimum atomic E-state index is -4.60. The Hall–Kier alpha value is -2.14. The minimum Gasteiger partial charge on any atom is -0.270 e. The van der Waals surface area contributed by atoms with Crippen molar-refractivity contribution in [3.63, 3.8) is 0 Å². The number of alkyl halides is 3. The number of aromatic nitrogens is 1. The molecule has 2 aromatic rings. The molecule has 0 radical (unpaired) electrons. The maximum absolute atomic E-state index is 13.8. The molecule has 0 saturated heterocycles. The summed E-state index contributed by atoms with van der Waals surface area (Å²) in [6.45, 7) is 3.44. The first-order chi connectivity index (χ1) is 10.9. The summed E-state index contributed by atoms with van der Waals surface area (Å²) in [5.41, 5.74) is -2.07. The second-order valence-corrected chi connectivity index (χ2v) is 5.31. The predicted molar refractivity (Wildman–Crippen MR) is 85.8 cm³/mol. The van der Waals surface area contributed by atoms with Gasteiger partial charge in [0.2, 0.25) is 0 Å². The normalized spacial score (nSPS) is 14.6. The molecule has 0 aliphatic rings. The highest BCUT2D eigenvalue weighted by Gasteiger charge is 2.55. The fraction of sp³-hybridized carbons (Fsp3) is 0.176. The van der Waals surface area contributed by atoms with E-state index < -0.39 is 11.7 Å². The highest BCUT2D eigenvalue weighted by molar-refractivity contribution is 6.30. The van der Waals surface area contributed by atoms with Gasteiger partial charge >= 0.3 is 6.18 Å². The van der Waals surface area contributed by atoms with Gasteiger partial charge in [0.15, 0.2) is 5.54 Å². The maximum Gasteiger partial charge on any atom is 0.418 e. The Bertz CT molecular complexity index is 681. The van der Waals surface area contributed by atoms with Gasteiger partial charge in [0.25, 0.3) is 0 Å². The molecular formula is C17H14ClF3N2. The van der Waals surface area contributed by atoms with Crippen LogP contribution in [0.5, 0.6) is 0 Å². The molecule has 0 amide bonds. The van der Waals surface area contributed by atoms with Crippen LogP contribution in [-0.4, -0.2) is 17.4 Å². The van der Waals surface area contributed by atoms with Crippen LogP contribution in [0.1, 0.15) is 17.7 Å². The van der Waals surface area contributed by atoms with E-state index in [4.69, 9.17) is 11.6 Å². The van der Waals surface area contributed by atoms with E-state index in [-0.39, 0.29) is 12.0 Å². The number of nitrogens with zero attached hydrogens (tertiary/aromatic N) is 2. The molecule has 0 fully saturated rings. The summed E-state index contributed by atoms with van der Waals surface area (Å²) in [7, 11) is 0. The first-order valence-corrected chi connectivity index (χ1v) is 7.17. The molecule has 0 N–H and O–H groups in total. The van der Waals surface area contributed by atoms with Crippen molar-refractivity contribution in [2.75, 3.05) is 0 Å². The van der Waals surface area contributed by atoms with Crippen molar-refractivity contribution in [3.05, 3.63) is 77.6 Å². The minimum absolute atomic E-state index is 0.00137. The van der Waals surface area contributed by atoms with E-state index in [9.17, 15) is 13.2 Å². The number of hydrogen-bond acceptors (Lipinski definition) is 2. The summed E-state index contributed by atoms with van der Waals surface area (Å²) < 4.78 is 41.5. The van der Waals surface area contributed by atoms with E-state index in [1.807, 2.05) is 0 Å². The first-order valence-electron chi connectivity index (χ1n) is 6.79. The van der Waals surface area contributed by atoms with Crippen LogP contribution >= 0.6 is 11.6 Å². The molecule has 1 aromatic carbocycles. The summed E-state index contributed by atoms with van der Waals surface area (Å²) >= 11 is 5.78. The van der Waals surface area contributed by atoms with Crippen LogP contribution in [0.3, 0.4) is 0 Å². The predicted octanol–water partition coefficient (Wildman–Crippen LogP) is 5.19. The van der Waals surface area contributed by atoms with Gasteiger partial charge in [0.05, 0.1) is 5.69 Å². The summed E-state index contributed by atoms with van der Waals surface area (Å²) in [5, 5.41) is 0.358. The molecule has 0 saturated carbocycles. The van der Waals surface area contributed by atoms with E-state index in [0.29, 0.717) is 10.7 Å². The van der Waals surface area contributed by atoms with Gasteiger partial charge in [-0.2, -0.15) is 13.2 Å². The van der Waals surface area contributed by atoms with Crippen molar-refractivity contribution in [3.8, 4) is 0 Å². The second kappa shape index (κ2) is 6.96. The van der Waals surface area contributed by atoms with Gasteiger partial charge in [0.1, 0.15) is 0 Å². The van der Waals surface area contributed by atoms with Crippen LogP contribution in [0.2, 0.25) is 5.02 Å². The summed E-state index contributed by atoms with van der Waals surface area (Å²) in [5.74, 6) is 0.